The minimum Gasteiger partial charge on any atom is -0.157 e. The van der Waals surface area contributed by atoms with Crippen LogP contribution in [-0.4, -0.2) is 12.3 Å². The summed E-state index contributed by atoms with van der Waals surface area (Å²) in [5.74, 6) is 2.28. The van der Waals surface area contributed by atoms with E-state index in [1.165, 1.54) is 17.7 Å². The lowest BCUT2D eigenvalue weighted by Gasteiger charge is -2.01. The van der Waals surface area contributed by atoms with Gasteiger partial charge in [0.05, 0.1) is 0 Å². The maximum Gasteiger partial charge on any atom is 0.0257 e. The summed E-state index contributed by atoms with van der Waals surface area (Å²) >= 11 is 1.97. The van der Waals surface area contributed by atoms with Gasteiger partial charge in [0.15, 0.2) is 0 Å². The van der Waals surface area contributed by atoms with Crippen molar-refractivity contribution in [1.82, 2.24) is 0 Å². The Kier molecular flexibility index (Phi) is 7.39. The molecule has 1 rings (SSSR count). The molecule has 0 aliphatic heterocycles. The summed E-state index contributed by atoms with van der Waals surface area (Å²) in [7, 11) is 0. The molecule has 0 bridgehead atoms. The second kappa shape index (κ2) is 9.13. The summed E-state index contributed by atoms with van der Waals surface area (Å²) in [5, 5.41) is 3.51. The molecule has 4 heteroatoms. The van der Waals surface area contributed by atoms with E-state index in [0.717, 1.165) is 18.6 Å². The molecule has 0 N–H and O–H groups in total. The van der Waals surface area contributed by atoms with Crippen LogP contribution in [0.4, 0.5) is 0 Å². The van der Waals surface area contributed by atoms with Gasteiger partial charge in [-0.15, -0.1) is 0 Å². The molecule has 0 aliphatic carbocycles. The van der Waals surface area contributed by atoms with Crippen molar-refractivity contribution in [3.8, 4) is 0 Å². The van der Waals surface area contributed by atoms with Gasteiger partial charge in [0.1, 0.15) is 0 Å². The van der Waals surface area contributed by atoms with Crippen LogP contribution in [0.2, 0.25) is 0 Å². The zero-order chi connectivity index (χ0) is 11.5. The number of nitrogens with zero attached hydrogens (tertiary/aromatic N) is 3. The maximum absolute atomic E-state index is 8.09. The zero-order valence-corrected chi connectivity index (χ0v) is 10.2. The molecular weight excluding hydrogens is 218 g/mol. The van der Waals surface area contributed by atoms with E-state index in [-0.39, 0.29) is 0 Å². The molecule has 86 valence electrons. The first-order chi connectivity index (χ1) is 7.93. The summed E-state index contributed by atoms with van der Waals surface area (Å²) in [4.78, 5) is 2.73. The molecule has 0 saturated heterocycles. The number of thioether (sulfide) groups is 1. The molecule has 1 aromatic rings. The molecule has 0 amide bonds. The Labute approximate surface area is 101 Å². The third-order valence-corrected chi connectivity index (χ3v) is 3.34. The number of azide groups is 1. The standard InChI is InChI=1S/C12H17N3S/c13-15-14-9-5-2-6-10-16-11-12-7-3-1-4-8-12/h1,3-4,7-8H,2,5-6,9-11H2. The number of hydrogen-bond acceptors (Lipinski definition) is 2. The molecule has 1 aromatic carbocycles. The molecule has 3 nitrogen and oxygen atoms in total. The summed E-state index contributed by atoms with van der Waals surface area (Å²) in [6.07, 6.45) is 3.37. The maximum atomic E-state index is 8.09. The van der Waals surface area contributed by atoms with Crippen LogP contribution in [0.25, 0.3) is 10.4 Å². The molecule has 16 heavy (non-hydrogen) atoms. The van der Waals surface area contributed by atoms with Crippen LogP contribution in [0, 0.1) is 0 Å². The van der Waals surface area contributed by atoms with Crippen LogP contribution in [0.5, 0.6) is 0 Å². The van der Waals surface area contributed by atoms with Crippen LogP contribution >= 0.6 is 11.8 Å². The lowest BCUT2D eigenvalue weighted by atomic mass is 10.2. The average Bonchev–Trinajstić information content (AvgIpc) is 2.34. The summed E-state index contributed by atoms with van der Waals surface area (Å²) in [6.45, 7) is 0.639. The van der Waals surface area contributed by atoms with Crippen LogP contribution in [0.1, 0.15) is 24.8 Å². The summed E-state index contributed by atoms with van der Waals surface area (Å²) in [5.41, 5.74) is 9.48. The van der Waals surface area contributed by atoms with E-state index in [0.29, 0.717) is 6.54 Å². The topological polar surface area (TPSA) is 48.8 Å². The lowest BCUT2D eigenvalue weighted by molar-refractivity contribution is 0.730. The first kappa shape index (κ1) is 12.9. The fourth-order valence-corrected chi connectivity index (χ4v) is 2.35. The van der Waals surface area contributed by atoms with Crippen molar-refractivity contribution in [2.45, 2.75) is 25.0 Å². The minimum atomic E-state index is 0.639. The van der Waals surface area contributed by atoms with Gasteiger partial charge in [-0.3, -0.25) is 0 Å². The van der Waals surface area contributed by atoms with E-state index in [1.807, 2.05) is 17.8 Å². The van der Waals surface area contributed by atoms with Crippen molar-refractivity contribution in [3.63, 3.8) is 0 Å². The van der Waals surface area contributed by atoms with Crippen LogP contribution < -0.4 is 0 Å². The highest BCUT2D eigenvalue weighted by Gasteiger charge is 1.93. The Morgan fingerprint density at radius 3 is 2.69 bits per heavy atom. The molecule has 0 saturated carbocycles. The van der Waals surface area contributed by atoms with Gasteiger partial charge in [0, 0.05) is 17.2 Å². The zero-order valence-electron chi connectivity index (χ0n) is 9.38. The summed E-state index contributed by atoms with van der Waals surface area (Å²) < 4.78 is 0. The lowest BCUT2D eigenvalue weighted by Crippen LogP contribution is -1.85. The highest BCUT2D eigenvalue weighted by atomic mass is 32.2. The van der Waals surface area contributed by atoms with Gasteiger partial charge in [-0.25, -0.2) is 0 Å². The van der Waals surface area contributed by atoms with Gasteiger partial charge >= 0.3 is 0 Å². The third kappa shape index (κ3) is 6.38. The summed E-state index contributed by atoms with van der Waals surface area (Å²) in [6, 6.07) is 10.5. The van der Waals surface area contributed by atoms with Crippen molar-refractivity contribution in [1.29, 1.82) is 0 Å². The molecule has 0 atom stereocenters. The Morgan fingerprint density at radius 2 is 1.94 bits per heavy atom. The van der Waals surface area contributed by atoms with Crippen molar-refractivity contribution >= 4 is 11.8 Å². The SMILES string of the molecule is [N-]=[N+]=NCCCCCSCc1ccccc1. The second-order valence-electron chi connectivity index (χ2n) is 3.55. The normalized spacial score (nSPS) is 9.75. The molecule has 0 aliphatic rings. The number of rotatable bonds is 8. The molecule has 0 heterocycles. The van der Waals surface area contributed by atoms with Crippen LogP contribution in [0.15, 0.2) is 35.4 Å². The van der Waals surface area contributed by atoms with Crippen molar-refractivity contribution in [3.05, 3.63) is 46.3 Å². The Bertz CT molecular complexity index is 320. The van der Waals surface area contributed by atoms with E-state index < -0.39 is 0 Å². The first-order valence-electron chi connectivity index (χ1n) is 5.56. The van der Waals surface area contributed by atoms with Gasteiger partial charge in [0.2, 0.25) is 0 Å². The van der Waals surface area contributed by atoms with E-state index in [4.69, 9.17) is 5.53 Å². The Morgan fingerprint density at radius 1 is 1.12 bits per heavy atom. The van der Waals surface area contributed by atoms with Crippen LogP contribution in [0.3, 0.4) is 0 Å². The highest BCUT2D eigenvalue weighted by molar-refractivity contribution is 7.98. The minimum absolute atomic E-state index is 0.639. The molecule has 0 aromatic heterocycles. The van der Waals surface area contributed by atoms with E-state index in [1.54, 1.807) is 0 Å². The predicted octanol–water partition coefficient (Wildman–Crippen LogP) is 4.40. The molecule has 0 unspecified atom stereocenters. The average molecular weight is 235 g/mol. The molecular formula is C12H17N3S. The Balaban J connectivity index is 1.94. The van der Waals surface area contributed by atoms with Gasteiger partial charge in [-0.2, -0.15) is 11.8 Å². The fraction of sp³-hybridized carbons (Fsp3) is 0.500. The van der Waals surface area contributed by atoms with Crippen molar-refractivity contribution in [2.75, 3.05) is 12.3 Å². The first-order valence-corrected chi connectivity index (χ1v) is 6.71. The molecule has 0 fully saturated rings. The third-order valence-electron chi connectivity index (χ3n) is 2.22. The number of hydrogen-bond donors (Lipinski definition) is 0. The van der Waals surface area contributed by atoms with Crippen molar-refractivity contribution in [2.24, 2.45) is 5.11 Å². The monoisotopic (exact) mass is 235 g/mol. The molecule has 0 radical (unpaired) electrons. The second-order valence-corrected chi connectivity index (χ2v) is 4.66. The number of benzene rings is 1. The Hall–Kier alpha value is -1.12. The van der Waals surface area contributed by atoms with Crippen LogP contribution in [-0.2, 0) is 5.75 Å². The van der Waals surface area contributed by atoms with Gasteiger partial charge in [0.25, 0.3) is 0 Å². The smallest absolute Gasteiger partial charge is 0.0257 e. The van der Waals surface area contributed by atoms with Gasteiger partial charge < -0.3 is 0 Å². The molecule has 0 spiro atoms. The van der Waals surface area contributed by atoms with Gasteiger partial charge in [-0.1, -0.05) is 41.9 Å². The largest absolute Gasteiger partial charge is 0.157 e. The fourth-order valence-electron chi connectivity index (χ4n) is 1.37. The number of unbranched alkanes of at least 4 members (excludes halogenated alkanes) is 2. The van der Waals surface area contributed by atoms with E-state index in [2.05, 4.69) is 34.3 Å². The van der Waals surface area contributed by atoms with E-state index in [9.17, 15) is 0 Å². The van der Waals surface area contributed by atoms with Crippen molar-refractivity contribution < 1.29 is 0 Å². The van der Waals surface area contributed by atoms with Gasteiger partial charge in [-0.05, 0) is 29.7 Å². The quantitative estimate of drug-likeness (QED) is 0.285. The van der Waals surface area contributed by atoms with E-state index >= 15 is 0 Å². The predicted molar refractivity (Wildman–Crippen MR) is 70.5 cm³/mol. The highest BCUT2D eigenvalue weighted by Crippen LogP contribution is 2.13.